The second-order valence-corrected chi connectivity index (χ2v) is 14.2. The molecule has 0 heterocycles. The third kappa shape index (κ3) is 24.3. The summed E-state index contributed by atoms with van der Waals surface area (Å²) in [6.45, 7) is 16.6. The van der Waals surface area contributed by atoms with Crippen molar-refractivity contribution >= 4 is 47.4 Å². The van der Waals surface area contributed by atoms with Gasteiger partial charge in [-0.05, 0) is 74.4 Å². The van der Waals surface area contributed by atoms with Crippen LogP contribution in [0.4, 0.5) is 0 Å². The van der Waals surface area contributed by atoms with Gasteiger partial charge in [0.1, 0.15) is 0 Å². The average molecular weight is 545 g/mol. The number of halogens is 1. The molecule has 0 aromatic heterocycles. The van der Waals surface area contributed by atoms with Crippen molar-refractivity contribution < 1.29 is 27.7 Å². The fourth-order valence-electron chi connectivity index (χ4n) is 2.04. The van der Waals surface area contributed by atoms with Crippen LogP contribution in [0.5, 0.6) is 0 Å². The molecular formula is C20H47ClO6P2S2. The van der Waals surface area contributed by atoms with Gasteiger partial charge in [-0.3, -0.25) is 0 Å². The van der Waals surface area contributed by atoms with Crippen LogP contribution in [0.1, 0.15) is 81.1 Å². The maximum atomic E-state index is 8.53. The van der Waals surface area contributed by atoms with Gasteiger partial charge in [0.05, 0.1) is 33.0 Å². The molecule has 0 aromatic rings. The topological polar surface area (TPSA) is 66.4 Å². The molecule has 1 N–H and O–H groups in total. The maximum absolute atomic E-state index is 8.53. The summed E-state index contributed by atoms with van der Waals surface area (Å²) in [5.74, 6) is -1.30. The molecule has 0 aliphatic heterocycles. The predicted octanol–water partition coefficient (Wildman–Crippen LogP) is 7.67. The van der Waals surface area contributed by atoms with E-state index in [1.807, 2.05) is 27.7 Å². The van der Waals surface area contributed by atoms with Gasteiger partial charge >= 0.3 is 6.72 Å². The molecule has 0 spiro atoms. The Morgan fingerprint density at radius 1 is 0.645 bits per heavy atom. The van der Waals surface area contributed by atoms with Crippen molar-refractivity contribution in [2.24, 2.45) is 11.8 Å². The second-order valence-electron chi connectivity index (χ2n) is 6.39. The molecule has 192 valence electrons. The van der Waals surface area contributed by atoms with Gasteiger partial charge in [-0.15, -0.1) is 0 Å². The molecule has 0 aliphatic carbocycles. The lowest BCUT2D eigenvalue weighted by Gasteiger charge is -2.22. The molecular weight excluding hydrogens is 498 g/mol. The molecule has 0 rings (SSSR count). The monoisotopic (exact) mass is 544 g/mol. The van der Waals surface area contributed by atoms with Crippen LogP contribution in [0.2, 0.25) is 0 Å². The lowest BCUT2D eigenvalue weighted by Crippen LogP contribution is -2.09. The molecule has 0 aromatic carbocycles. The first-order valence-electron chi connectivity index (χ1n) is 11.3. The summed E-state index contributed by atoms with van der Waals surface area (Å²) >= 11 is 15.7. The lowest BCUT2D eigenvalue weighted by molar-refractivity contribution is 0.145. The number of rotatable bonds is 16. The Balaban J connectivity index is -0.000000417. The quantitative estimate of drug-likeness (QED) is 0.198. The van der Waals surface area contributed by atoms with Gasteiger partial charge < -0.3 is 27.7 Å². The van der Waals surface area contributed by atoms with Gasteiger partial charge in [-0.25, -0.2) is 0 Å². The van der Waals surface area contributed by atoms with Crippen molar-refractivity contribution in [3.8, 4) is 0 Å². The van der Waals surface area contributed by atoms with Gasteiger partial charge in [0.25, 0.3) is 5.84 Å². The van der Waals surface area contributed by atoms with Crippen LogP contribution in [0.15, 0.2) is 0 Å². The van der Waals surface area contributed by atoms with Crippen molar-refractivity contribution in [3.05, 3.63) is 0 Å². The second kappa shape index (κ2) is 24.5. The van der Waals surface area contributed by atoms with E-state index in [-0.39, 0.29) is 0 Å². The minimum absolute atomic E-state index is 0.354. The Hall–Kier alpha value is 1.35. The van der Waals surface area contributed by atoms with Crippen LogP contribution in [0.25, 0.3) is 0 Å². The Labute approximate surface area is 207 Å². The van der Waals surface area contributed by atoms with Crippen molar-refractivity contribution in [2.45, 2.75) is 81.1 Å². The first-order chi connectivity index (χ1) is 14.6. The van der Waals surface area contributed by atoms with E-state index in [0.717, 1.165) is 25.7 Å². The zero-order chi connectivity index (χ0) is 24.8. The average Bonchev–Trinajstić information content (AvgIpc) is 2.71. The minimum Gasteiger partial charge on any atom is -0.396 e. The number of aliphatic hydroxyl groups excluding tert-OH is 1. The van der Waals surface area contributed by atoms with Crippen LogP contribution < -0.4 is 0 Å². The molecule has 31 heavy (non-hydrogen) atoms. The minimum atomic E-state index is -2.47. The Morgan fingerprint density at radius 3 is 1.23 bits per heavy atom. The van der Waals surface area contributed by atoms with E-state index in [2.05, 4.69) is 27.7 Å². The van der Waals surface area contributed by atoms with Gasteiger partial charge in [0.2, 0.25) is 0 Å². The summed E-state index contributed by atoms with van der Waals surface area (Å²) in [6, 6.07) is 0. The summed E-state index contributed by atoms with van der Waals surface area (Å²) < 4.78 is 26.3. The van der Waals surface area contributed by atoms with Crippen LogP contribution in [-0.4, -0.2) is 44.7 Å². The highest BCUT2D eigenvalue weighted by Gasteiger charge is 2.20. The zero-order valence-electron chi connectivity index (χ0n) is 20.8. The molecule has 0 saturated heterocycles. The molecule has 0 aliphatic rings. The Kier molecular flexibility index (Phi) is 29.1. The third-order valence-corrected chi connectivity index (χ3v) is 9.09. The highest BCUT2D eigenvalue weighted by molar-refractivity contribution is 8.22. The van der Waals surface area contributed by atoms with E-state index in [4.69, 9.17) is 62.6 Å². The van der Waals surface area contributed by atoms with Gasteiger partial charge in [0.15, 0.2) is 0 Å². The van der Waals surface area contributed by atoms with E-state index in [0.29, 0.717) is 51.5 Å². The summed E-state index contributed by atoms with van der Waals surface area (Å²) in [4.78, 5) is 0. The highest BCUT2D eigenvalue weighted by atomic mass is 35.7. The lowest BCUT2D eigenvalue weighted by atomic mass is 10.1. The first-order valence-corrected chi connectivity index (χ1v) is 17.4. The zero-order valence-corrected chi connectivity index (χ0v) is 25.0. The van der Waals surface area contributed by atoms with Crippen molar-refractivity contribution in [1.29, 1.82) is 0 Å². The van der Waals surface area contributed by atoms with Crippen molar-refractivity contribution in [2.75, 3.05) is 39.6 Å². The van der Waals surface area contributed by atoms with Crippen LogP contribution >= 0.6 is 23.8 Å². The normalized spacial score (nSPS) is 11.7. The van der Waals surface area contributed by atoms with Crippen LogP contribution in [0, 0.1) is 11.8 Å². The van der Waals surface area contributed by atoms with Crippen LogP contribution in [0.3, 0.4) is 0 Å². The van der Waals surface area contributed by atoms with Gasteiger partial charge in [0, 0.05) is 6.61 Å². The van der Waals surface area contributed by atoms with Crippen LogP contribution in [-0.2, 0) is 46.2 Å². The van der Waals surface area contributed by atoms with E-state index >= 15 is 0 Å². The fraction of sp³-hybridized carbons (Fsp3) is 1.00. The van der Waals surface area contributed by atoms with E-state index in [9.17, 15) is 0 Å². The molecule has 11 heteroatoms. The molecule has 0 fully saturated rings. The molecule has 0 atom stereocenters. The summed E-state index contributed by atoms with van der Waals surface area (Å²) in [5.41, 5.74) is 0. The first kappa shape index (κ1) is 36.9. The summed E-state index contributed by atoms with van der Waals surface area (Å²) in [7, 11) is 0. The smallest absolute Gasteiger partial charge is 0.327 e. The number of hydrogen-bond donors (Lipinski definition) is 1. The van der Waals surface area contributed by atoms with E-state index in [1.165, 1.54) is 0 Å². The molecule has 0 amide bonds. The van der Waals surface area contributed by atoms with Crippen molar-refractivity contribution in [3.63, 3.8) is 0 Å². The maximum Gasteiger partial charge on any atom is 0.327 e. The number of aliphatic hydroxyl groups is 1. The summed E-state index contributed by atoms with van der Waals surface area (Å²) in [5, 5.41) is 8.53. The predicted molar refractivity (Wildman–Crippen MR) is 142 cm³/mol. The molecule has 0 radical (unpaired) electrons. The SMILES string of the molecule is CCC(CC)CO.CCOP(=S)(Cl)OCC.CCOP(=S)(OCC)OCC(CC)CC. The Morgan fingerprint density at radius 2 is 1.00 bits per heavy atom. The highest BCUT2D eigenvalue weighted by Crippen LogP contribution is 2.53. The van der Waals surface area contributed by atoms with E-state index < -0.39 is 12.6 Å². The molecule has 0 saturated carbocycles. The molecule has 0 bridgehead atoms. The van der Waals surface area contributed by atoms with Gasteiger partial charge in [-0.1, -0.05) is 53.4 Å². The van der Waals surface area contributed by atoms with Gasteiger partial charge in [-0.2, -0.15) is 0 Å². The number of hydrogen-bond acceptors (Lipinski definition) is 8. The Bertz CT molecular complexity index is 441. The molecule has 6 nitrogen and oxygen atoms in total. The van der Waals surface area contributed by atoms with E-state index in [1.54, 1.807) is 0 Å². The fourth-order valence-corrected chi connectivity index (χ4v) is 6.02. The van der Waals surface area contributed by atoms with Crippen molar-refractivity contribution in [1.82, 2.24) is 0 Å². The standard InChI is InChI=1S/C10H23O3PS.C6H14O.C4H10ClO2PS/c1-5-10(6-2)9-13-14(15,11-7-3)12-8-4;1-3-6(4-2)5-7;1-3-6-8(5,9)7-4-2/h10H,5-9H2,1-4H3;6-7H,3-5H2,1-2H3;3-4H2,1-2H3. The largest absolute Gasteiger partial charge is 0.396 e. The summed E-state index contributed by atoms with van der Waals surface area (Å²) in [6.07, 6.45) is 4.41. The molecule has 0 unspecified atom stereocenters. The third-order valence-electron chi connectivity index (χ3n) is 4.18.